The second kappa shape index (κ2) is 11.3. The van der Waals surface area contributed by atoms with Crippen LogP contribution in [0.2, 0.25) is 5.02 Å². The van der Waals surface area contributed by atoms with Crippen LogP contribution in [0.1, 0.15) is 48.7 Å². The number of ketones is 1. The molecule has 1 aliphatic heterocycles. The molecule has 0 fully saturated rings. The number of halogens is 1. The van der Waals surface area contributed by atoms with Gasteiger partial charge < -0.3 is 15.2 Å². The summed E-state index contributed by atoms with van der Waals surface area (Å²) in [5.41, 5.74) is 3.99. The summed E-state index contributed by atoms with van der Waals surface area (Å²) in [7, 11) is 0. The fraction of sp³-hybridized carbons (Fsp3) is 0.296. The Labute approximate surface area is 205 Å². The van der Waals surface area contributed by atoms with Crippen molar-refractivity contribution in [3.63, 3.8) is 0 Å². The molecule has 1 aliphatic rings. The summed E-state index contributed by atoms with van der Waals surface area (Å²) < 4.78 is 5.62. The third kappa shape index (κ3) is 6.43. The zero-order chi connectivity index (χ0) is 24.8. The molecule has 0 saturated carbocycles. The van der Waals surface area contributed by atoms with Crippen LogP contribution < -0.4 is 10.1 Å². The lowest BCUT2D eigenvalue weighted by atomic mass is 10.0. The number of nitrogens with zero attached hydrogens (tertiary/aromatic N) is 1. The van der Waals surface area contributed by atoms with Gasteiger partial charge in [0.05, 0.1) is 16.8 Å². The van der Waals surface area contributed by atoms with Crippen molar-refractivity contribution in [1.82, 2.24) is 5.32 Å². The molecule has 0 bridgehead atoms. The second-order valence-electron chi connectivity index (χ2n) is 8.47. The molecule has 0 aliphatic carbocycles. The molecule has 2 N–H and O–H groups in total. The van der Waals surface area contributed by atoms with Crippen molar-refractivity contribution in [1.29, 1.82) is 0 Å². The van der Waals surface area contributed by atoms with Gasteiger partial charge in [0.25, 0.3) is 5.91 Å². The van der Waals surface area contributed by atoms with Gasteiger partial charge in [0.2, 0.25) is 0 Å². The molecule has 3 rings (SSSR count). The molecule has 1 atom stereocenters. The molecule has 2 aromatic carbocycles. The van der Waals surface area contributed by atoms with Crippen LogP contribution in [0.3, 0.4) is 0 Å². The quantitative estimate of drug-likeness (QED) is 0.511. The average Bonchev–Trinajstić information content (AvgIpc) is 3.17. The Morgan fingerprint density at radius 3 is 2.44 bits per heavy atom. The number of carbonyl (C=O) groups is 2. The smallest absolute Gasteiger partial charge is 0.251 e. The Bertz CT molecular complexity index is 1150. The minimum absolute atomic E-state index is 0.0238. The van der Waals surface area contributed by atoms with E-state index < -0.39 is 0 Å². The van der Waals surface area contributed by atoms with Crippen LogP contribution in [0, 0.1) is 0 Å². The molecule has 0 unspecified atom stereocenters. The molecule has 1 amide bonds. The lowest BCUT2D eigenvalue weighted by molar-refractivity contribution is -0.111. The van der Waals surface area contributed by atoms with E-state index in [4.69, 9.17) is 16.3 Å². The van der Waals surface area contributed by atoms with Crippen molar-refractivity contribution >= 4 is 34.7 Å². The number of aliphatic hydroxyl groups is 1. The summed E-state index contributed by atoms with van der Waals surface area (Å²) >= 11 is 6.27. The molecule has 0 spiro atoms. The van der Waals surface area contributed by atoms with E-state index in [1.807, 2.05) is 38.1 Å². The van der Waals surface area contributed by atoms with Crippen LogP contribution in [0.25, 0.3) is 5.70 Å². The Morgan fingerprint density at radius 1 is 1.18 bits per heavy atom. The third-order valence-electron chi connectivity index (χ3n) is 5.28. The summed E-state index contributed by atoms with van der Waals surface area (Å²) in [6, 6.07) is 12.4. The van der Waals surface area contributed by atoms with Crippen LogP contribution in [0.5, 0.6) is 5.75 Å². The summed E-state index contributed by atoms with van der Waals surface area (Å²) in [5, 5.41) is 12.9. The van der Waals surface area contributed by atoms with Gasteiger partial charge in [0.1, 0.15) is 11.5 Å². The number of ether oxygens (including phenoxy) is 1. The number of carbonyl (C=O) groups excluding carboxylic acids is 2. The van der Waals surface area contributed by atoms with E-state index in [0.717, 1.165) is 11.1 Å². The van der Waals surface area contributed by atoms with Gasteiger partial charge in [-0.3, -0.25) is 9.59 Å². The number of Topliss-reactive ketones (excluding diaryl/α,β-unsaturated/α-hetero) is 1. The molecule has 1 heterocycles. The predicted octanol–water partition coefficient (Wildman–Crippen LogP) is 4.79. The van der Waals surface area contributed by atoms with E-state index in [2.05, 4.69) is 16.9 Å². The maximum atomic E-state index is 12.8. The Kier molecular flexibility index (Phi) is 8.42. The van der Waals surface area contributed by atoms with Crippen LogP contribution in [0.15, 0.2) is 65.7 Å². The molecular weight excluding hydrogens is 452 g/mol. The SMILES string of the molecule is C=C1C=C(c2ccc(C[C@@H](CCO)NC(=O)c3ccc(OC(C)C)c(Cl)c3)cc2)N=C1C(C)=O. The lowest BCUT2D eigenvalue weighted by Gasteiger charge is -2.19. The number of rotatable bonds is 10. The van der Waals surface area contributed by atoms with Crippen molar-refractivity contribution < 1.29 is 19.4 Å². The van der Waals surface area contributed by atoms with Gasteiger partial charge in [-0.05, 0) is 62.1 Å². The summed E-state index contributed by atoms with van der Waals surface area (Å²) in [4.78, 5) is 28.8. The topological polar surface area (TPSA) is 88.0 Å². The minimum Gasteiger partial charge on any atom is -0.489 e. The first kappa shape index (κ1) is 25.4. The van der Waals surface area contributed by atoms with E-state index in [0.29, 0.717) is 46.2 Å². The first-order valence-corrected chi connectivity index (χ1v) is 11.5. The Balaban J connectivity index is 1.68. The average molecular weight is 481 g/mol. The van der Waals surface area contributed by atoms with Crippen molar-refractivity contribution in [3.8, 4) is 5.75 Å². The van der Waals surface area contributed by atoms with E-state index in [1.54, 1.807) is 24.3 Å². The van der Waals surface area contributed by atoms with Crippen LogP contribution in [0.4, 0.5) is 0 Å². The van der Waals surface area contributed by atoms with E-state index in [-0.39, 0.29) is 30.4 Å². The van der Waals surface area contributed by atoms with Crippen molar-refractivity contribution in [2.45, 2.75) is 45.8 Å². The molecule has 7 heteroatoms. The molecule has 0 aromatic heterocycles. The fourth-order valence-electron chi connectivity index (χ4n) is 3.65. The minimum atomic E-state index is -0.270. The van der Waals surface area contributed by atoms with Crippen LogP contribution in [-0.2, 0) is 11.2 Å². The summed E-state index contributed by atoms with van der Waals surface area (Å²) in [5.74, 6) is 0.147. The highest BCUT2D eigenvalue weighted by Crippen LogP contribution is 2.27. The zero-order valence-electron chi connectivity index (χ0n) is 19.6. The largest absolute Gasteiger partial charge is 0.489 e. The van der Waals surface area contributed by atoms with Gasteiger partial charge in [-0.25, -0.2) is 4.99 Å². The first-order chi connectivity index (χ1) is 16.2. The summed E-state index contributed by atoms with van der Waals surface area (Å²) in [6.07, 6.45) is 2.72. The number of aliphatic imine (C=N–C) groups is 1. The van der Waals surface area contributed by atoms with Gasteiger partial charge >= 0.3 is 0 Å². The van der Waals surface area contributed by atoms with Crippen LogP contribution in [-0.4, -0.2) is 41.3 Å². The number of nitrogens with one attached hydrogen (secondary N) is 1. The number of hydrogen-bond acceptors (Lipinski definition) is 5. The number of allylic oxidation sites excluding steroid dienone is 2. The molecule has 2 aromatic rings. The number of hydrogen-bond donors (Lipinski definition) is 2. The highest BCUT2D eigenvalue weighted by Gasteiger charge is 2.19. The van der Waals surface area contributed by atoms with E-state index >= 15 is 0 Å². The standard InChI is InChI=1S/C27H29ClN2O4/c1-16(2)34-25-10-9-21(15-23(25)28)27(33)29-22(11-12-31)14-19-5-7-20(8-6-19)24-13-17(3)26(30-24)18(4)32/h5-10,13,15-16,22,31H,3,11-12,14H2,1-2,4H3,(H,29,33)/t22-/m1/s1. The molecular formula is C27H29ClN2O4. The fourth-order valence-corrected chi connectivity index (χ4v) is 3.87. The van der Waals surface area contributed by atoms with Gasteiger partial charge in [-0.2, -0.15) is 0 Å². The van der Waals surface area contributed by atoms with Gasteiger partial charge in [-0.15, -0.1) is 0 Å². The second-order valence-corrected chi connectivity index (χ2v) is 8.87. The van der Waals surface area contributed by atoms with E-state index in [1.165, 1.54) is 6.92 Å². The molecule has 6 nitrogen and oxygen atoms in total. The molecule has 0 saturated heterocycles. The van der Waals surface area contributed by atoms with Gasteiger partial charge in [-0.1, -0.05) is 42.4 Å². The maximum Gasteiger partial charge on any atom is 0.251 e. The highest BCUT2D eigenvalue weighted by molar-refractivity contribution is 6.48. The Morgan fingerprint density at radius 2 is 1.88 bits per heavy atom. The highest BCUT2D eigenvalue weighted by atomic mass is 35.5. The first-order valence-electron chi connectivity index (χ1n) is 11.2. The third-order valence-corrected chi connectivity index (χ3v) is 5.58. The number of aliphatic hydroxyl groups excluding tert-OH is 1. The van der Waals surface area contributed by atoms with Crippen molar-refractivity contribution in [2.24, 2.45) is 4.99 Å². The predicted molar refractivity (Wildman–Crippen MR) is 136 cm³/mol. The lowest BCUT2D eigenvalue weighted by Crippen LogP contribution is -2.37. The number of benzene rings is 2. The summed E-state index contributed by atoms with van der Waals surface area (Å²) in [6.45, 7) is 9.11. The van der Waals surface area contributed by atoms with Crippen molar-refractivity contribution in [3.05, 3.63) is 82.4 Å². The monoisotopic (exact) mass is 480 g/mol. The zero-order valence-corrected chi connectivity index (χ0v) is 20.4. The molecule has 0 radical (unpaired) electrons. The van der Waals surface area contributed by atoms with Gasteiger partial charge in [0, 0.05) is 30.7 Å². The van der Waals surface area contributed by atoms with Crippen LogP contribution >= 0.6 is 11.6 Å². The Hall–Kier alpha value is -3.22. The number of amides is 1. The normalized spacial score (nSPS) is 14.0. The van der Waals surface area contributed by atoms with Gasteiger partial charge in [0.15, 0.2) is 5.78 Å². The molecule has 178 valence electrons. The molecule has 34 heavy (non-hydrogen) atoms. The maximum absolute atomic E-state index is 12.8. The van der Waals surface area contributed by atoms with E-state index in [9.17, 15) is 14.7 Å². The van der Waals surface area contributed by atoms with Crippen molar-refractivity contribution in [2.75, 3.05) is 6.61 Å².